The second kappa shape index (κ2) is 10.7. The molecule has 0 fully saturated rings. The average Bonchev–Trinajstić information content (AvgIpc) is 3.41. The Hall–Kier alpha value is -5.13. The fourth-order valence-corrected chi connectivity index (χ4v) is 3.94. The molecule has 0 radical (unpaired) electrons. The summed E-state index contributed by atoms with van der Waals surface area (Å²) in [5.41, 5.74) is -0.0265. The van der Waals surface area contributed by atoms with Gasteiger partial charge in [0.15, 0.2) is 17.5 Å². The monoisotopic (exact) mass is 534 g/mol. The molecule has 12 heteroatoms. The van der Waals surface area contributed by atoms with E-state index < -0.39 is 35.4 Å². The number of methoxy groups -OCH3 is 1. The summed E-state index contributed by atoms with van der Waals surface area (Å²) in [4.78, 5) is 34.8. The number of imidazole rings is 1. The zero-order chi connectivity index (χ0) is 27.5. The predicted molar refractivity (Wildman–Crippen MR) is 137 cm³/mol. The van der Waals surface area contributed by atoms with Gasteiger partial charge in [0.25, 0.3) is 0 Å². The van der Waals surface area contributed by atoms with E-state index >= 15 is 0 Å². The molecule has 9 nitrogen and oxygen atoms in total. The summed E-state index contributed by atoms with van der Waals surface area (Å²) in [5, 5.41) is 2.88. The molecule has 0 aliphatic rings. The molecule has 0 aliphatic carbocycles. The summed E-state index contributed by atoms with van der Waals surface area (Å²) in [7, 11) is 1.51. The third-order valence-corrected chi connectivity index (χ3v) is 5.89. The number of nitrogens with one attached hydrogen (secondary N) is 1. The lowest BCUT2D eigenvalue weighted by Crippen LogP contribution is -2.43. The highest BCUT2D eigenvalue weighted by molar-refractivity contribution is 5.54. The van der Waals surface area contributed by atoms with Crippen molar-refractivity contribution in [2.75, 3.05) is 12.4 Å². The van der Waals surface area contributed by atoms with Gasteiger partial charge >= 0.3 is 11.4 Å². The Balaban J connectivity index is 1.55. The van der Waals surface area contributed by atoms with Gasteiger partial charge in [0.2, 0.25) is 5.95 Å². The molecule has 0 amide bonds. The molecule has 1 N–H and O–H groups in total. The van der Waals surface area contributed by atoms with Gasteiger partial charge in [0.05, 0.1) is 32.2 Å². The van der Waals surface area contributed by atoms with Crippen LogP contribution in [0.3, 0.4) is 0 Å². The van der Waals surface area contributed by atoms with Gasteiger partial charge in [-0.1, -0.05) is 18.2 Å². The molecule has 39 heavy (non-hydrogen) atoms. The average molecular weight is 534 g/mol. The van der Waals surface area contributed by atoms with Crippen LogP contribution in [0.2, 0.25) is 0 Å². The van der Waals surface area contributed by atoms with E-state index in [0.29, 0.717) is 17.1 Å². The van der Waals surface area contributed by atoms with Crippen molar-refractivity contribution < 1.29 is 17.9 Å². The molecule has 0 bridgehead atoms. The number of aromatic nitrogens is 5. The van der Waals surface area contributed by atoms with Crippen LogP contribution in [0.5, 0.6) is 5.75 Å². The minimum Gasteiger partial charge on any atom is -0.497 e. The first kappa shape index (κ1) is 25.5. The number of halogens is 3. The first-order valence-corrected chi connectivity index (χ1v) is 11.7. The van der Waals surface area contributed by atoms with Crippen molar-refractivity contribution in [3.05, 3.63) is 129 Å². The van der Waals surface area contributed by atoms with Gasteiger partial charge in [-0.3, -0.25) is 4.57 Å². The summed E-state index contributed by atoms with van der Waals surface area (Å²) in [6.45, 7) is -0.614. The van der Waals surface area contributed by atoms with E-state index in [-0.39, 0.29) is 18.1 Å². The summed E-state index contributed by atoms with van der Waals surface area (Å²) >= 11 is 0. The number of nitrogens with zero attached hydrogens (tertiary/aromatic N) is 5. The minimum atomic E-state index is -1.63. The van der Waals surface area contributed by atoms with E-state index in [9.17, 15) is 22.8 Å². The minimum absolute atomic E-state index is 0.0494. The van der Waals surface area contributed by atoms with E-state index in [0.717, 1.165) is 27.0 Å². The first-order chi connectivity index (χ1) is 18.8. The van der Waals surface area contributed by atoms with Gasteiger partial charge in [-0.15, -0.1) is 0 Å². The summed E-state index contributed by atoms with van der Waals surface area (Å²) in [5.74, 6) is -4.04. The molecule has 0 saturated carbocycles. The summed E-state index contributed by atoms with van der Waals surface area (Å²) < 4.78 is 50.1. The third kappa shape index (κ3) is 5.44. The van der Waals surface area contributed by atoms with Crippen LogP contribution in [-0.2, 0) is 13.1 Å². The Morgan fingerprint density at radius 3 is 2.26 bits per heavy atom. The van der Waals surface area contributed by atoms with E-state index in [4.69, 9.17) is 4.74 Å². The molecular weight excluding hydrogens is 513 g/mol. The second-order valence-corrected chi connectivity index (χ2v) is 8.51. The van der Waals surface area contributed by atoms with Crippen LogP contribution < -0.4 is 21.4 Å². The zero-order valence-corrected chi connectivity index (χ0v) is 20.5. The maximum atomic E-state index is 13.9. The van der Waals surface area contributed by atoms with Crippen molar-refractivity contribution in [3.8, 4) is 11.4 Å². The molecule has 0 unspecified atom stereocenters. The smallest absolute Gasteiger partial charge is 0.355 e. The maximum absolute atomic E-state index is 13.9. The predicted octanol–water partition coefficient (Wildman–Crippen LogP) is 3.86. The lowest BCUT2D eigenvalue weighted by atomic mass is 10.2. The molecular formula is C27H21F3N6O3. The lowest BCUT2D eigenvalue weighted by molar-refractivity contribution is 0.415. The number of hydrogen-bond donors (Lipinski definition) is 1. The normalized spacial score (nSPS) is 11.0. The number of benzene rings is 3. The molecule has 198 valence electrons. The van der Waals surface area contributed by atoms with E-state index in [1.165, 1.54) is 7.11 Å². The zero-order valence-electron chi connectivity index (χ0n) is 20.5. The molecule has 3 aromatic carbocycles. The van der Waals surface area contributed by atoms with Crippen molar-refractivity contribution in [2.24, 2.45) is 0 Å². The molecule has 0 aliphatic heterocycles. The maximum Gasteiger partial charge on any atom is 0.355 e. The highest BCUT2D eigenvalue weighted by Gasteiger charge is 2.18. The van der Waals surface area contributed by atoms with Crippen molar-refractivity contribution in [3.63, 3.8) is 0 Å². The Bertz CT molecular complexity index is 1720. The van der Waals surface area contributed by atoms with Gasteiger partial charge in [-0.05, 0) is 54.1 Å². The van der Waals surface area contributed by atoms with Crippen LogP contribution in [-0.4, -0.2) is 30.8 Å². The quantitative estimate of drug-likeness (QED) is 0.304. The number of rotatable bonds is 8. The number of hydrogen-bond acceptors (Lipinski definition) is 6. The number of ether oxygens (including phenoxy) is 1. The Labute approximate surface area is 219 Å². The van der Waals surface area contributed by atoms with Crippen LogP contribution in [0.25, 0.3) is 5.69 Å². The molecule has 5 aromatic rings. The third-order valence-electron chi connectivity index (χ3n) is 5.89. The summed E-state index contributed by atoms with van der Waals surface area (Å²) in [6, 6.07) is 17.4. The van der Waals surface area contributed by atoms with E-state index in [1.54, 1.807) is 41.4 Å². The van der Waals surface area contributed by atoms with Crippen LogP contribution in [0.1, 0.15) is 11.3 Å². The van der Waals surface area contributed by atoms with Crippen LogP contribution in [0, 0.1) is 17.5 Å². The van der Waals surface area contributed by atoms with Gasteiger partial charge in [0, 0.05) is 17.6 Å². The standard InChI is InChI=1S/C27H21F3N6O3/c1-39-21-9-7-18(8-10-21)32-25-33-26(37)36(15-19-14-34(16-31-19)20-5-3-2-4-6-20)27(38)35(25)13-17-11-22(28)24(30)23(29)12-17/h2-12,14,16H,13,15H2,1H3,(H,32,33,37). The van der Waals surface area contributed by atoms with E-state index in [1.807, 2.05) is 30.3 Å². The summed E-state index contributed by atoms with van der Waals surface area (Å²) in [6.07, 6.45) is 3.21. The first-order valence-electron chi connectivity index (χ1n) is 11.7. The highest BCUT2D eigenvalue weighted by atomic mass is 19.2. The Kier molecular flexibility index (Phi) is 7.00. The fraction of sp³-hybridized carbons (Fsp3) is 0.111. The van der Waals surface area contributed by atoms with Crippen molar-refractivity contribution in [1.82, 2.24) is 23.7 Å². The molecule has 2 aromatic heterocycles. The largest absolute Gasteiger partial charge is 0.497 e. The van der Waals surface area contributed by atoms with Crippen LogP contribution in [0.4, 0.5) is 24.8 Å². The van der Waals surface area contributed by atoms with Gasteiger partial charge < -0.3 is 14.6 Å². The number of para-hydroxylation sites is 1. The topological polar surface area (TPSA) is 96.0 Å². The van der Waals surface area contributed by atoms with Crippen molar-refractivity contribution in [1.29, 1.82) is 0 Å². The van der Waals surface area contributed by atoms with Crippen molar-refractivity contribution >= 4 is 11.6 Å². The molecule has 0 saturated heterocycles. The van der Waals surface area contributed by atoms with Crippen LogP contribution in [0.15, 0.2) is 88.8 Å². The second-order valence-electron chi connectivity index (χ2n) is 8.51. The fourth-order valence-electron chi connectivity index (χ4n) is 3.94. The molecule has 5 rings (SSSR count). The SMILES string of the molecule is COc1ccc(Nc2nc(=O)n(Cc3cn(-c4ccccc4)cn3)c(=O)n2Cc2cc(F)c(F)c(F)c2)cc1. The van der Waals surface area contributed by atoms with Gasteiger partial charge in [0.1, 0.15) is 5.75 Å². The molecule has 0 spiro atoms. The van der Waals surface area contributed by atoms with Gasteiger partial charge in [-0.25, -0.2) is 32.3 Å². The highest BCUT2D eigenvalue weighted by Crippen LogP contribution is 2.19. The Morgan fingerprint density at radius 2 is 1.59 bits per heavy atom. The van der Waals surface area contributed by atoms with E-state index in [2.05, 4.69) is 15.3 Å². The van der Waals surface area contributed by atoms with Crippen LogP contribution >= 0.6 is 0 Å². The molecule has 0 atom stereocenters. The van der Waals surface area contributed by atoms with Gasteiger partial charge in [-0.2, -0.15) is 4.98 Å². The Morgan fingerprint density at radius 1 is 0.897 bits per heavy atom. The number of anilines is 2. The van der Waals surface area contributed by atoms with Crippen molar-refractivity contribution in [2.45, 2.75) is 13.1 Å². The molecule has 2 heterocycles. The lowest BCUT2D eigenvalue weighted by Gasteiger charge is -2.16.